The topological polar surface area (TPSA) is 75.4 Å². The number of carbonyl (C=O) groups excluding carboxylic acids is 1. The minimum atomic E-state index is -0.310. The molecule has 3 heterocycles. The fourth-order valence-corrected chi connectivity index (χ4v) is 4.07. The molecule has 0 radical (unpaired) electrons. The SMILES string of the molecule is Cc1cc(C(=O)Cn2nc(-c3ccc4c(c3)OCCCO4)ccc2=O)c(C)n1CCC(C)C. The summed E-state index contributed by atoms with van der Waals surface area (Å²) < 4.78 is 14.9. The third-order valence-electron chi connectivity index (χ3n) is 6.01. The van der Waals surface area contributed by atoms with Gasteiger partial charge in [-0.3, -0.25) is 9.59 Å². The lowest BCUT2D eigenvalue weighted by Crippen LogP contribution is -2.26. The van der Waals surface area contributed by atoms with E-state index in [0.717, 1.165) is 36.3 Å². The Labute approximate surface area is 194 Å². The maximum atomic E-state index is 13.1. The second-order valence-electron chi connectivity index (χ2n) is 8.97. The number of nitrogens with zero attached hydrogens (tertiary/aromatic N) is 3. The molecule has 7 nitrogen and oxygen atoms in total. The molecule has 0 bridgehead atoms. The van der Waals surface area contributed by atoms with Crippen LogP contribution in [0.4, 0.5) is 0 Å². The second-order valence-corrected chi connectivity index (χ2v) is 8.97. The fraction of sp³-hybridized carbons (Fsp3) is 0.423. The molecular formula is C26H31N3O4. The number of aryl methyl sites for hydroxylation is 1. The van der Waals surface area contributed by atoms with Gasteiger partial charge in [0.05, 0.1) is 18.9 Å². The molecule has 0 atom stereocenters. The molecule has 0 unspecified atom stereocenters. The minimum absolute atomic E-state index is 0.105. The molecule has 0 N–H and O–H groups in total. The zero-order chi connectivity index (χ0) is 23.5. The Morgan fingerprint density at radius 2 is 1.82 bits per heavy atom. The number of aromatic nitrogens is 3. The van der Waals surface area contributed by atoms with Gasteiger partial charge >= 0.3 is 0 Å². The van der Waals surface area contributed by atoms with Crippen LogP contribution >= 0.6 is 0 Å². The lowest BCUT2D eigenvalue weighted by Gasteiger charge is -2.12. The van der Waals surface area contributed by atoms with Crippen LogP contribution in [0.25, 0.3) is 11.3 Å². The molecule has 1 aliphatic rings. The Hall–Kier alpha value is -3.35. The highest BCUT2D eigenvalue weighted by atomic mass is 16.5. The van der Waals surface area contributed by atoms with Crippen LogP contribution in [0.15, 0.2) is 41.2 Å². The van der Waals surface area contributed by atoms with Crippen molar-refractivity contribution in [3.05, 3.63) is 63.7 Å². The van der Waals surface area contributed by atoms with E-state index in [2.05, 4.69) is 23.5 Å². The van der Waals surface area contributed by atoms with Crippen LogP contribution in [0, 0.1) is 19.8 Å². The molecule has 7 heteroatoms. The molecule has 0 fully saturated rings. The summed E-state index contributed by atoms with van der Waals surface area (Å²) in [6.07, 6.45) is 1.87. The summed E-state index contributed by atoms with van der Waals surface area (Å²) in [5.41, 5.74) is 3.72. The first-order valence-electron chi connectivity index (χ1n) is 11.5. The van der Waals surface area contributed by atoms with Gasteiger partial charge in [0.2, 0.25) is 0 Å². The number of Topliss-reactive ketones (excluding diaryl/α,β-unsaturated/α-hetero) is 1. The van der Waals surface area contributed by atoms with E-state index in [1.165, 1.54) is 10.7 Å². The summed E-state index contributed by atoms with van der Waals surface area (Å²) in [7, 11) is 0. The monoisotopic (exact) mass is 449 g/mol. The van der Waals surface area contributed by atoms with Crippen LogP contribution < -0.4 is 15.0 Å². The largest absolute Gasteiger partial charge is 0.490 e. The third-order valence-corrected chi connectivity index (χ3v) is 6.01. The first-order chi connectivity index (χ1) is 15.8. The van der Waals surface area contributed by atoms with Crippen LogP contribution in [0.5, 0.6) is 11.5 Å². The van der Waals surface area contributed by atoms with Crippen molar-refractivity contribution < 1.29 is 14.3 Å². The van der Waals surface area contributed by atoms with Gasteiger partial charge in [-0.25, -0.2) is 4.68 Å². The van der Waals surface area contributed by atoms with Gasteiger partial charge in [0.15, 0.2) is 17.3 Å². The first-order valence-corrected chi connectivity index (χ1v) is 11.5. The highest BCUT2D eigenvalue weighted by molar-refractivity contribution is 5.97. The quantitative estimate of drug-likeness (QED) is 0.499. The average Bonchev–Trinajstić information content (AvgIpc) is 2.93. The number of hydrogen-bond donors (Lipinski definition) is 0. The lowest BCUT2D eigenvalue weighted by atomic mass is 10.1. The van der Waals surface area contributed by atoms with E-state index in [1.807, 2.05) is 38.1 Å². The highest BCUT2D eigenvalue weighted by Crippen LogP contribution is 2.33. The maximum absolute atomic E-state index is 13.1. The first kappa shape index (κ1) is 22.8. The Morgan fingerprint density at radius 1 is 1.06 bits per heavy atom. The molecule has 4 rings (SSSR count). The van der Waals surface area contributed by atoms with Crippen LogP contribution in [0.1, 0.15) is 48.4 Å². The Kier molecular flexibility index (Phi) is 6.67. The molecule has 0 spiro atoms. The van der Waals surface area contributed by atoms with E-state index in [-0.39, 0.29) is 17.9 Å². The van der Waals surface area contributed by atoms with Gasteiger partial charge in [-0.05, 0) is 56.5 Å². The Bertz CT molecular complexity index is 1220. The maximum Gasteiger partial charge on any atom is 0.267 e. The van der Waals surface area contributed by atoms with Gasteiger partial charge in [0, 0.05) is 41.5 Å². The summed E-state index contributed by atoms with van der Waals surface area (Å²) in [6, 6.07) is 10.6. The van der Waals surface area contributed by atoms with E-state index in [9.17, 15) is 9.59 Å². The normalized spacial score (nSPS) is 13.2. The van der Waals surface area contributed by atoms with Gasteiger partial charge in [-0.2, -0.15) is 5.10 Å². The molecule has 0 amide bonds. The van der Waals surface area contributed by atoms with E-state index < -0.39 is 0 Å². The summed E-state index contributed by atoms with van der Waals surface area (Å²) in [5, 5.41) is 4.48. The number of hydrogen-bond acceptors (Lipinski definition) is 5. The molecule has 2 aromatic heterocycles. The zero-order valence-corrected chi connectivity index (χ0v) is 19.8. The third kappa shape index (κ3) is 5.02. The number of benzene rings is 1. The van der Waals surface area contributed by atoms with E-state index in [4.69, 9.17) is 9.47 Å². The average molecular weight is 450 g/mol. The molecule has 33 heavy (non-hydrogen) atoms. The molecular weight excluding hydrogens is 418 g/mol. The number of fused-ring (bicyclic) bond motifs is 1. The predicted octanol–water partition coefficient (Wildman–Crippen LogP) is 4.42. The van der Waals surface area contributed by atoms with Crippen molar-refractivity contribution in [1.82, 2.24) is 14.3 Å². The van der Waals surface area contributed by atoms with Crippen LogP contribution in [0.2, 0.25) is 0 Å². The van der Waals surface area contributed by atoms with Gasteiger partial charge < -0.3 is 14.0 Å². The van der Waals surface area contributed by atoms with Gasteiger partial charge in [0.1, 0.15) is 6.54 Å². The van der Waals surface area contributed by atoms with Crippen molar-refractivity contribution in [2.75, 3.05) is 13.2 Å². The summed E-state index contributed by atoms with van der Waals surface area (Å²) in [6.45, 7) is 10.3. The molecule has 0 aliphatic carbocycles. The molecule has 0 saturated carbocycles. The number of rotatable bonds is 7. The van der Waals surface area contributed by atoms with Gasteiger partial charge in [-0.1, -0.05) is 13.8 Å². The van der Waals surface area contributed by atoms with Crippen LogP contribution in [-0.2, 0) is 13.1 Å². The summed E-state index contributed by atoms with van der Waals surface area (Å²) >= 11 is 0. The number of ether oxygens (including phenoxy) is 2. The van der Waals surface area contributed by atoms with Crippen molar-refractivity contribution in [2.45, 2.75) is 53.6 Å². The van der Waals surface area contributed by atoms with Crippen molar-refractivity contribution in [3.63, 3.8) is 0 Å². The van der Waals surface area contributed by atoms with Crippen molar-refractivity contribution in [3.8, 4) is 22.8 Å². The smallest absolute Gasteiger partial charge is 0.267 e. The Morgan fingerprint density at radius 3 is 2.58 bits per heavy atom. The van der Waals surface area contributed by atoms with E-state index in [0.29, 0.717) is 41.9 Å². The lowest BCUT2D eigenvalue weighted by molar-refractivity contribution is 0.0965. The highest BCUT2D eigenvalue weighted by Gasteiger charge is 2.18. The zero-order valence-electron chi connectivity index (χ0n) is 19.8. The van der Waals surface area contributed by atoms with Crippen LogP contribution in [0.3, 0.4) is 0 Å². The molecule has 0 saturated heterocycles. The van der Waals surface area contributed by atoms with E-state index >= 15 is 0 Å². The number of ketones is 1. The standard InChI is InChI=1S/C26H31N3O4/c1-17(2)10-11-28-18(3)14-21(19(28)4)23(30)16-29-26(31)9-7-22(27-29)20-6-8-24-25(15-20)33-13-5-12-32-24/h6-9,14-15,17H,5,10-13,16H2,1-4H3. The second kappa shape index (κ2) is 9.65. The molecule has 3 aromatic rings. The fourth-order valence-electron chi connectivity index (χ4n) is 4.07. The van der Waals surface area contributed by atoms with Gasteiger partial charge in [0.25, 0.3) is 5.56 Å². The van der Waals surface area contributed by atoms with Crippen molar-refractivity contribution in [2.24, 2.45) is 5.92 Å². The molecule has 1 aromatic carbocycles. The molecule has 1 aliphatic heterocycles. The van der Waals surface area contributed by atoms with Crippen molar-refractivity contribution in [1.29, 1.82) is 0 Å². The van der Waals surface area contributed by atoms with Gasteiger partial charge in [-0.15, -0.1) is 0 Å². The summed E-state index contributed by atoms with van der Waals surface area (Å²) in [5.74, 6) is 1.83. The molecule has 174 valence electrons. The van der Waals surface area contributed by atoms with E-state index in [1.54, 1.807) is 6.07 Å². The predicted molar refractivity (Wildman–Crippen MR) is 127 cm³/mol. The number of carbonyl (C=O) groups is 1. The van der Waals surface area contributed by atoms with Crippen molar-refractivity contribution >= 4 is 5.78 Å². The summed E-state index contributed by atoms with van der Waals surface area (Å²) in [4.78, 5) is 25.6. The van der Waals surface area contributed by atoms with Crippen LogP contribution in [-0.4, -0.2) is 33.3 Å². The minimum Gasteiger partial charge on any atom is -0.490 e. The Balaban J connectivity index is 1.58.